The molecule has 0 spiro atoms. The van der Waals surface area contributed by atoms with Crippen molar-refractivity contribution >= 4 is 23.6 Å². The number of amides is 2. The van der Waals surface area contributed by atoms with Crippen LogP contribution >= 0.6 is 0 Å². The van der Waals surface area contributed by atoms with Gasteiger partial charge < -0.3 is 20.8 Å². The van der Waals surface area contributed by atoms with E-state index in [1.807, 2.05) is 0 Å². The van der Waals surface area contributed by atoms with Crippen LogP contribution in [-0.4, -0.2) is 52.0 Å². The first-order chi connectivity index (χ1) is 17.3. The van der Waals surface area contributed by atoms with E-state index < -0.39 is 59.9 Å². The molecule has 4 N–H and O–H groups in total. The van der Waals surface area contributed by atoms with Crippen LogP contribution in [0.3, 0.4) is 0 Å². The van der Waals surface area contributed by atoms with Gasteiger partial charge in [-0.1, -0.05) is 39.8 Å². The largest absolute Gasteiger partial charge is 0.480 e. The van der Waals surface area contributed by atoms with Gasteiger partial charge in [-0.2, -0.15) is 0 Å². The van der Waals surface area contributed by atoms with Crippen LogP contribution < -0.4 is 10.6 Å². The van der Waals surface area contributed by atoms with E-state index in [0.717, 1.165) is 12.1 Å². The summed E-state index contributed by atoms with van der Waals surface area (Å²) < 4.78 is 27.5. The zero-order chi connectivity index (χ0) is 27.9. The summed E-state index contributed by atoms with van der Waals surface area (Å²) in [4.78, 5) is 49.2. The third-order valence-corrected chi connectivity index (χ3v) is 5.74. The molecule has 0 aliphatic carbocycles. The van der Waals surface area contributed by atoms with Gasteiger partial charge >= 0.3 is 5.97 Å². The Bertz CT molecular complexity index is 1130. The number of aliphatic hydroxyl groups is 1. The number of nitrogens with one attached hydrogen (secondary N) is 2. The maximum atomic E-state index is 13.8. The van der Waals surface area contributed by atoms with Gasteiger partial charge in [-0.05, 0) is 42.2 Å². The second-order valence-electron chi connectivity index (χ2n) is 9.56. The molecule has 0 unspecified atom stereocenters. The molecule has 8 nitrogen and oxygen atoms in total. The summed E-state index contributed by atoms with van der Waals surface area (Å²) in [7, 11) is 0. The Labute approximate surface area is 214 Å². The average Bonchev–Trinajstić information content (AvgIpc) is 2.80. The maximum Gasteiger partial charge on any atom is 0.326 e. The molecule has 0 radical (unpaired) electrons. The highest BCUT2D eigenvalue weighted by Crippen LogP contribution is 2.16. The van der Waals surface area contributed by atoms with Gasteiger partial charge in [0.15, 0.2) is 5.78 Å². The topological polar surface area (TPSA) is 133 Å². The van der Waals surface area contributed by atoms with E-state index in [4.69, 9.17) is 0 Å². The quantitative estimate of drug-likeness (QED) is 0.319. The van der Waals surface area contributed by atoms with Gasteiger partial charge in [-0.3, -0.25) is 14.4 Å². The summed E-state index contributed by atoms with van der Waals surface area (Å²) in [5, 5.41) is 25.0. The number of carbonyl (C=O) groups is 4. The molecule has 0 aliphatic heterocycles. The third kappa shape index (κ3) is 8.75. The smallest absolute Gasteiger partial charge is 0.326 e. The highest BCUT2D eigenvalue weighted by molar-refractivity contribution is 6.01. The summed E-state index contributed by atoms with van der Waals surface area (Å²) in [6, 6.07) is 6.35. The van der Waals surface area contributed by atoms with Gasteiger partial charge in [-0.25, -0.2) is 13.6 Å². The van der Waals surface area contributed by atoms with Gasteiger partial charge in [0.25, 0.3) is 5.91 Å². The van der Waals surface area contributed by atoms with Gasteiger partial charge in [0.05, 0.1) is 18.6 Å². The number of rotatable bonds is 12. The molecule has 37 heavy (non-hydrogen) atoms. The number of Topliss-reactive ketones (excluding diaryl/α,β-unsaturated/α-hetero) is 1. The van der Waals surface area contributed by atoms with Crippen LogP contribution in [0.4, 0.5) is 8.78 Å². The second-order valence-corrected chi connectivity index (χ2v) is 9.56. The van der Waals surface area contributed by atoms with Crippen LogP contribution in [0.1, 0.15) is 60.4 Å². The van der Waals surface area contributed by atoms with E-state index in [0.29, 0.717) is 11.6 Å². The van der Waals surface area contributed by atoms with Crippen LogP contribution in [0.25, 0.3) is 0 Å². The monoisotopic (exact) mass is 518 g/mol. The zero-order valence-corrected chi connectivity index (χ0v) is 21.1. The van der Waals surface area contributed by atoms with E-state index >= 15 is 0 Å². The van der Waals surface area contributed by atoms with Gasteiger partial charge in [0.1, 0.15) is 17.7 Å². The first-order valence-electron chi connectivity index (χ1n) is 11.9. The Morgan fingerprint density at radius 2 is 1.49 bits per heavy atom. The Hall–Kier alpha value is -3.66. The van der Waals surface area contributed by atoms with Crippen LogP contribution in [0.2, 0.25) is 0 Å². The van der Waals surface area contributed by atoms with Crippen LogP contribution in [0, 0.1) is 23.5 Å². The predicted molar refractivity (Wildman–Crippen MR) is 132 cm³/mol. The Kier molecular flexibility index (Phi) is 10.4. The summed E-state index contributed by atoms with van der Waals surface area (Å²) in [6.45, 7) is 6.65. The fraction of sp³-hybridized carbons (Fsp3) is 0.407. The standard InChI is InChI=1S/C27H32F2N2O6/c1-14(2)24(27(36)37)31-23(33)13-22(32)21(10-16-8-19(28)12-20(29)9-16)30-26(35)18-7-5-6-17(11-18)25(34)15(3)4/h5-9,11-12,14-15,21-22,24,32H,10,13H2,1-4H3,(H,30,35)(H,31,33)(H,36,37)/t21-,22-,24-/m0/s1. The summed E-state index contributed by atoms with van der Waals surface area (Å²) in [5.74, 6) is -5.29. The molecule has 0 fully saturated rings. The van der Waals surface area contributed by atoms with E-state index in [-0.39, 0.29) is 29.2 Å². The van der Waals surface area contributed by atoms with Crippen molar-refractivity contribution in [1.29, 1.82) is 0 Å². The normalized spacial score (nSPS) is 13.6. The number of carbonyl (C=O) groups excluding carboxylic acids is 3. The van der Waals surface area contributed by atoms with E-state index in [2.05, 4.69) is 10.6 Å². The van der Waals surface area contributed by atoms with Crippen molar-refractivity contribution in [3.8, 4) is 0 Å². The van der Waals surface area contributed by atoms with Crippen molar-refractivity contribution in [3.05, 3.63) is 70.8 Å². The molecule has 2 aromatic carbocycles. The van der Waals surface area contributed by atoms with Crippen LogP contribution in [0.5, 0.6) is 0 Å². The van der Waals surface area contributed by atoms with Gasteiger partial charge in [0, 0.05) is 23.1 Å². The minimum Gasteiger partial charge on any atom is -0.480 e. The molecule has 10 heteroatoms. The SMILES string of the molecule is CC(C)C(=O)c1cccc(C(=O)N[C@@H](Cc2cc(F)cc(F)c2)[C@@H](O)CC(=O)N[C@H](C(=O)O)C(C)C)c1. The van der Waals surface area contributed by atoms with Crippen LogP contribution in [-0.2, 0) is 16.0 Å². The lowest BCUT2D eigenvalue weighted by molar-refractivity contribution is -0.143. The van der Waals surface area contributed by atoms with Crippen molar-refractivity contribution in [2.45, 2.75) is 58.7 Å². The Balaban J connectivity index is 2.28. The van der Waals surface area contributed by atoms with Crippen molar-refractivity contribution in [3.63, 3.8) is 0 Å². The molecule has 0 saturated carbocycles. The predicted octanol–water partition coefficient (Wildman–Crippen LogP) is 3.12. The van der Waals surface area contributed by atoms with Crippen LogP contribution in [0.15, 0.2) is 42.5 Å². The number of halogens is 2. The highest BCUT2D eigenvalue weighted by atomic mass is 19.1. The molecule has 2 aromatic rings. The van der Waals surface area contributed by atoms with Gasteiger partial charge in [-0.15, -0.1) is 0 Å². The third-order valence-electron chi connectivity index (χ3n) is 5.74. The number of benzene rings is 2. The number of aliphatic hydroxyl groups excluding tert-OH is 1. The zero-order valence-electron chi connectivity index (χ0n) is 21.1. The molecule has 0 saturated heterocycles. The molecular formula is C27H32F2N2O6. The first-order valence-corrected chi connectivity index (χ1v) is 11.9. The lowest BCUT2D eigenvalue weighted by Gasteiger charge is -2.25. The molecule has 200 valence electrons. The number of hydrogen-bond acceptors (Lipinski definition) is 5. The van der Waals surface area contributed by atoms with E-state index in [1.165, 1.54) is 18.2 Å². The van der Waals surface area contributed by atoms with Crippen molar-refractivity contribution in [2.75, 3.05) is 0 Å². The molecule has 0 bridgehead atoms. The molecule has 0 aromatic heterocycles. The minimum atomic E-state index is -1.53. The van der Waals surface area contributed by atoms with Crippen molar-refractivity contribution in [1.82, 2.24) is 10.6 Å². The second kappa shape index (κ2) is 13.0. The summed E-state index contributed by atoms with van der Waals surface area (Å²) >= 11 is 0. The summed E-state index contributed by atoms with van der Waals surface area (Å²) in [6.07, 6.45) is -2.34. The van der Waals surface area contributed by atoms with Crippen molar-refractivity contribution < 1.29 is 38.2 Å². The first kappa shape index (κ1) is 29.6. The van der Waals surface area contributed by atoms with Crippen molar-refractivity contribution in [2.24, 2.45) is 11.8 Å². The molecular weight excluding hydrogens is 486 g/mol. The van der Waals surface area contributed by atoms with E-state index in [1.54, 1.807) is 33.8 Å². The highest BCUT2D eigenvalue weighted by Gasteiger charge is 2.29. The lowest BCUT2D eigenvalue weighted by Crippen LogP contribution is -2.49. The molecule has 3 atom stereocenters. The number of hydrogen-bond donors (Lipinski definition) is 4. The number of ketones is 1. The number of carboxylic acid groups (broad SMARTS) is 1. The molecule has 2 rings (SSSR count). The van der Waals surface area contributed by atoms with E-state index in [9.17, 15) is 38.2 Å². The molecule has 2 amide bonds. The maximum absolute atomic E-state index is 13.8. The van der Waals surface area contributed by atoms with Gasteiger partial charge in [0.2, 0.25) is 5.91 Å². The molecule has 0 aliphatic rings. The lowest BCUT2D eigenvalue weighted by atomic mass is 9.96. The molecule has 0 heterocycles. The Morgan fingerprint density at radius 1 is 0.892 bits per heavy atom. The fourth-order valence-electron chi connectivity index (χ4n) is 3.74. The number of aliphatic carboxylic acids is 1. The average molecular weight is 519 g/mol. The number of carboxylic acids is 1. The summed E-state index contributed by atoms with van der Waals surface area (Å²) in [5.41, 5.74) is 0.556. The fourth-order valence-corrected chi connectivity index (χ4v) is 3.74. The Morgan fingerprint density at radius 3 is 2.03 bits per heavy atom. The minimum absolute atomic E-state index is 0.115.